The molecule has 18 heavy (non-hydrogen) atoms. The summed E-state index contributed by atoms with van der Waals surface area (Å²) in [6.45, 7) is 6.60. The van der Waals surface area contributed by atoms with Crippen LogP contribution in [0.2, 0.25) is 0 Å². The third-order valence-electron chi connectivity index (χ3n) is 3.75. The summed E-state index contributed by atoms with van der Waals surface area (Å²) in [7, 11) is 0. The number of likely N-dealkylation sites (tertiary alicyclic amines) is 1. The second kappa shape index (κ2) is 4.07. The van der Waals surface area contributed by atoms with Gasteiger partial charge in [-0.1, -0.05) is 0 Å². The van der Waals surface area contributed by atoms with E-state index in [2.05, 4.69) is 0 Å². The highest BCUT2D eigenvalue weighted by Crippen LogP contribution is 2.48. The van der Waals surface area contributed by atoms with Crippen molar-refractivity contribution in [1.29, 1.82) is 0 Å². The number of hydrogen-bond acceptors (Lipinski definition) is 2. The third kappa shape index (κ3) is 2.93. The molecule has 0 unspecified atom stereocenters. The van der Waals surface area contributed by atoms with Crippen LogP contribution in [0.3, 0.4) is 0 Å². The first kappa shape index (κ1) is 13.6. The molecule has 1 spiro atoms. The zero-order chi connectivity index (χ0) is 13.6. The van der Waals surface area contributed by atoms with Crippen LogP contribution in [0, 0.1) is 5.41 Å². The molecule has 0 atom stereocenters. The number of nitrogens with zero attached hydrogens (tertiary/aromatic N) is 1. The number of rotatable bonds is 0. The lowest BCUT2D eigenvalue weighted by atomic mass is 9.68. The van der Waals surface area contributed by atoms with E-state index in [1.165, 1.54) is 0 Å². The molecule has 0 aromatic heterocycles. The molecule has 2 rings (SSSR count). The van der Waals surface area contributed by atoms with Crippen molar-refractivity contribution >= 4 is 6.09 Å². The van der Waals surface area contributed by atoms with Crippen molar-refractivity contribution in [2.75, 3.05) is 13.1 Å². The number of hydrogen-bond donors (Lipinski definition) is 0. The van der Waals surface area contributed by atoms with Gasteiger partial charge in [0, 0.05) is 31.3 Å². The van der Waals surface area contributed by atoms with Crippen molar-refractivity contribution in [2.45, 2.75) is 58.0 Å². The Hall–Kier alpha value is -0.870. The second-order valence-electron chi connectivity index (χ2n) is 6.69. The quantitative estimate of drug-likeness (QED) is 0.668. The molecule has 1 amide bonds. The van der Waals surface area contributed by atoms with Crippen LogP contribution in [-0.2, 0) is 4.74 Å². The van der Waals surface area contributed by atoms with Crippen LogP contribution in [0.1, 0.15) is 46.5 Å². The molecule has 104 valence electrons. The SMILES string of the molecule is CC(C)(C)OC(=O)N1CC2(CCC(F)(F)CC2)C1. The standard InChI is InChI=1S/C13H21F2NO2/c1-11(2,3)18-10(17)16-8-12(9-16)4-6-13(14,15)7-5-12/h4-9H2,1-3H3. The second-order valence-corrected chi connectivity index (χ2v) is 6.69. The molecule has 3 nitrogen and oxygen atoms in total. The Balaban J connectivity index is 1.82. The van der Waals surface area contributed by atoms with Crippen LogP contribution < -0.4 is 0 Å². The van der Waals surface area contributed by atoms with Gasteiger partial charge in [-0.25, -0.2) is 13.6 Å². The van der Waals surface area contributed by atoms with Crippen molar-refractivity contribution in [1.82, 2.24) is 4.90 Å². The number of alkyl halides is 2. The minimum atomic E-state index is -2.50. The number of ether oxygens (including phenoxy) is 1. The molecule has 2 aliphatic rings. The van der Waals surface area contributed by atoms with Gasteiger partial charge in [-0.2, -0.15) is 0 Å². The van der Waals surface area contributed by atoms with Gasteiger partial charge in [-0.05, 0) is 33.6 Å². The molecule has 2 fully saturated rings. The van der Waals surface area contributed by atoms with E-state index in [9.17, 15) is 13.6 Å². The largest absolute Gasteiger partial charge is 0.444 e. The molecule has 0 N–H and O–H groups in total. The number of carbonyl (C=O) groups is 1. The molecule has 1 saturated carbocycles. The lowest BCUT2D eigenvalue weighted by molar-refractivity contribution is -0.111. The zero-order valence-corrected chi connectivity index (χ0v) is 11.3. The van der Waals surface area contributed by atoms with Gasteiger partial charge in [0.1, 0.15) is 5.60 Å². The Labute approximate surface area is 106 Å². The fraction of sp³-hybridized carbons (Fsp3) is 0.923. The van der Waals surface area contributed by atoms with E-state index in [4.69, 9.17) is 4.74 Å². The Bertz CT molecular complexity index is 331. The van der Waals surface area contributed by atoms with Gasteiger partial charge in [0.2, 0.25) is 5.92 Å². The molecule has 0 bridgehead atoms. The molecule has 0 radical (unpaired) electrons. The summed E-state index contributed by atoms with van der Waals surface area (Å²) < 4.78 is 31.4. The molecular formula is C13H21F2NO2. The Kier molecular flexibility index (Phi) is 3.06. The summed E-state index contributed by atoms with van der Waals surface area (Å²) in [5, 5.41) is 0. The van der Waals surface area contributed by atoms with Gasteiger partial charge < -0.3 is 9.64 Å². The van der Waals surface area contributed by atoms with Crippen LogP contribution in [0.15, 0.2) is 0 Å². The molecule has 1 aliphatic heterocycles. The Morgan fingerprint density at radius 2 is 1.61 bits per heavy atom. The van der Waals surface area contributed by atoms with Crippen molar-refractivity contribution in [3.63, 3.8) is 0 Å². The maximum Gasteiger partial charge on any atom is 0.410 e. The summed E-state index contributed by atoms with van der Waals surface area (Å²) in [4.78, 5) is 13.4. The number of halogens is 2. The molecule has 1 saturated heterocycles. The lowest BCUT2D eigenvalue weighted by Crippen LogP contribution is -2.60. The predicted octanol–water partition coefficient (Wildman–Crippen LogP) is 3.43. The maximum absolute atomic E-state index is 13.1. The normalized spacial score (nSPS) is 25.7. The highest BCUT2D eigenvalue weighted by molar-refractivity contribution is 5.69. The average Bonchev–Trinajstić information content (AvgIpc) is 2.12. The highest BCUT2D eigenvalue weighted by Gasteiger charge is 2.51. The number of amides is 1. The zero-order valence-electron chi connectivity index (χ0n) is 11.3. The van der Waals surface area contributed by atoms with Gasteiger partial charge in [0.15, 0.2) is 0 Å². The molecule has 0 aromatic rings. The van der Waals surface area contributed by atoms with E-state index in [1.54, 1.807) is 4.90 Å². The van der Waals surface area contributed by atoms with E-state index in [0.717, 1.165) is 0 Å². The van der Waals surface area contributed by atoms with Crippen LogP contribution in [-0.4, -0.2) is 35.6 Å². The van der Waals surface area contributed by atoms with Crippen molar-refractivity contribution in [3.8, 4) is 0 Å². The van der Waals surface area contributed by atoms with Gasteiger partial charge in [0.05, 0.1) is 0 Å². The predicted molar refractivity (Wildman–Crippen MR) is 63.7 cm³/mol. The highest BCUT2D eigenvalue weighted by atomic mass is 19.3. The Morgan fingerprint density at radius 1 is 1.11 bits per heavy atom. The van der Waals surface area contributed by atoms with E-state index in [1.807, 2.05) is 20.8 Å². The summed E-state index contributed by atoms with van der Waals surface area (Å²) in [5.41, 5.74) is -0.571. The first-order valence-electron chi connectivity index (χ1n) is 6.47. The fourth-order valence-electron chi connectivity index (χ4n) is 2.68. The van der Waals surface area contributed by atoms with E-state index >= 15 is 0 Å². The van der Waals surface area contributed by atoms with Crippen molar-refractivity contribution < 1.29 is 18.3 Å². The lowest BCUT2D eigenvalue weighted by Gasteiger charge is -2.53. The van der Waals surface area contributed by atoms with Gasteiger partial charge in [-0.3, -0.25) is 0 Å². The van der Waals surface area contributed by atoms with Crippen LogP contribution >= 0.6 is 0 Å². The van der Waals surface area contributed by atoms with Crippen molar-refractivity contribution in [3.05, 3.63) is 0 Å². The monoisotopic (exact) mass is 261 g/mol. The fourth-order valence-corrected chi connectivity index (χ4v) is 2.68. The van der Waals surface area contributed by atoms with E-state index < -0.39 is 11.5 Å². The number of carbonyl (C=O) groups excluding carboxylic acids is 1. The minimum absolute atomic E-state index is 0.0465. The smallest absolute Gasteiger partial charge is 0.410 e. The first-order chi connectivity index (χ1) is 8.11. The summed E-state index contributed by atoms with van der Waals surface area (Å²) in [6, 6.07) is 0. The van der Waals surface area contributed by atoms with E-state index in [-0.39, 0.29) is 24.3 Å². The van der Waals surface area contributed by atoms with Gasteiger partial charge in [0.25, 0.3) is 0 Å². The molecular weight excluding hydrogens is 240 g/mol. The minimum Gasteiger partial charge on any atom is -0.444 e. The molecule has 0 aromatic carbocycles. The Morgan fingerprint density at radius 3 is 2.06 bits per heavy atom. The molecule has 5 heteroatoms. The van der Waals surface area contributed by atoms with Gasteiger partial charge in [-0.15, -0.1) is 0 Å². The molecule has 1 aliphatic carbocycles. The van der Waals surface area contributed by atoms with Crippen LogP contribution in [0.4, 0.5) is 13.6 Å². The first-order valence-corrected chi connectivity index (χ1v) is 6.47. The van der Waals surface area contributed by atoms with E-state index in [0.29, 0.717) is 25.9 Å². The summed E-state index contributed by atoms with van der Waals surface area (Å²) >= 11 is 0. The van der Waals surface area contributed by atoms with Crippen molar-refractivity contribution in [2.24, 2.45) is 5.41 Å². The summed E-state index contributed by atoms with van der Waals surface area (Å²) in [5.74, 6) is -2.50. The maximum atomic E-state index is 13.1. The van der Waals surface area contributed by atoms with Crippen LogP contribution in [0.25, 0.3) is 0 Å². The van der Waals surface area contributed by atoms with Gasteiger partial charge >= 0.3 is 6.09 Å². The average molecular weight is 261 g/mol. The third-order valence-corrected chi connectivity index (χ3v) is 3.75. The summed E-state index contributed by atoms with van der Waals surface area (Å²) in [6.07, 6.45) is 0.605. The van der Waals surface area contributed by atoms with Crippen LogP contribution in [0.5, 0.6) is 0 Å². The topological polar surface area (TPSA) is 29.5 Å². The molecule has 1 heterocycles.